The van der Waals surface area contributed by atoms with Gasteiger partial charge in [0.05, 0.1) is 39.4 Å². The summed E-state index contributed by atoms with van der Waals surface area (Å²) < 4.78 is 11.0. The van der Waals surface area contributed by atoms with Crippen LogP contribution in [-0.2, 0) is 59.0 Å². The summed E-state index contributed by atoms with van der Waals surface area (Å²) in [6.07, 6.45) is 1.20. The van der Waals surface area contributed by atoms with Crippen molar-refractivity contribution in [2.75, 3.05) is 132 Å². The number of aliphatic imine (C=N–C) groups is 1. The molecule has 0 bridgehead atoms. The van der Waals surface area contributed by atoms with Gasteiger partial charge in [-0.25, -0.2) is 0 Å². The quantitative estimate of drug-likeness (QED) is 0.0165. The Morgan fingerprint density at radius 2 is 1.31 bits per heavy atom. The van der Waals surface area contributed by atoms with Crippen LogP contribution < -0.4 is 75.7 Å². The molecule has 0 radical (unpaired) electrons. The summed E-state index contributed by atoms with van der Waals surface area (Å²) >= 11 is 0. The van der Waals surface area contributed by atoms with Gasteiger partial charge in [0.15, 0.2) is 11.8 Å². The monoisotopic (exact) mass is 1180 g/mol. The molecule has 2 heterocycles. The number of carboxylic acids is 1. The number of nitrogens with zero attached hydrogens (tertiary/aromatic N) is 3. The molecule has 83 heavy (non-hydrogen) atoms. The first-order chi connectivity index (χ1) is 39.9. The van der Waals surface area contributed by atoms with Crippen LogP contribution in [0.2, 0.25) is 0 Å². The number of carboxylic acid groups (broad SMARTS) is 1. The van der Waals surface area contributed by atoms with Gasteiger partial charge in [-0.05, 0) is 56.8 Å². The van der Waals surface area contributed by atoms with E-state index < -0.39 is 78.7 Å². The number of likely N-dealkylation sites (N-methyl/N-ethyl adjacent to an activating group) is 1. The maximum atomic E-state index is 14.1. The predicted octanol–water partition coefficient (Wildman–Crippen LogP) is -6.39. The summed E-state index contributed by atoms with van der Waals surface area (Å²) in [6, 6.07) is -0.631. The topological polar surface area (TPSA) is 462 Å². The molecular weight excluding hydrogens is 1090 g/mol. The fraction of sp³-hybridized carbons (Fsp3) is 0.654. The number of ether oxygens (including phenoxy) is 2. The molecule has 2 aliphatic heterocycles. The van der Waals surface area contributed by atoms with Crippen LogP contribution >= 0.6 is 0 Å². The van der Waals surface area contributed by atoms with Crippen molar-refractivity contribution in [1.82, 2.24) is 68.3 Å². The number of rotatable bonds is 40. The number of amides is 8. The minimum Gasteiger partial charge on any atom is -0.508 e. The van der Waals surface area contributed by atoms with E-state index in [0.717, 1.165) is 45.8 Å². The van der Waals surface area contributed by atoms with Gasteiger partial charge in [0.1, 0.15) is 36.0 Å². The highest BCUT2D eigenvalue weighted by Gasteiger charge is 2.34. The molecule has 1 aromatic rings. The largest absolute Gasteiger partial charge is 0.508 e. The van der Waals surface area contributed by atoms with Gasteiger partial charge in [-0.1, -0.05) is 12.1 Å². The number of benzene rings is 1. The maximum absolute atomic E-state index is 14.1. The summed E-state index contributed by atoms with van der Waals surface area (Å²) in [5, 5.41) is 60.8. The second-order valence-corrected chi connectivity index (χ2v) is 19.5. The van der Waals surface area contributed by atoms with E-state index in [0.29, 0.717) is 31.6 Å². The number of unbranched alkanes of at least 4 members (excludes halogenated alkanes) is 1. The third-order valence-corrected chi connectivity index (χ3v) is 12.9. The molecule has 0 spiro atoms. The van der Waals surface area contributed by atoms with Crippen LogP contribution in [0.3, 0.4) is 0 Å². The number of aliphatic hydroxyl groups is 1. The molecule has 8 amide bonds. The number of aliphatic carboxylic acids is 1. The molecule has 0 saturated carbocycles. The van der Waals surface area contributed by atoms with Crippen LogP contribution in [0, 0.1) is 0 Å². The van der Waals surface area contributed by atoms with Crippen LogP contribution in [0.15, 0.2) is 41.2 Å². The fourth-order valence-electron chi connectivity index (χ4n) is 8.41. The van der Waals surface area contributed by atoms with Gasteiger partial charge in [0.2, 0.25) is 41.4 Å². The number of phenolic OH excluding ortho intramolecular Hbond substituents is 1. The summed E-state index contributed by atoms with van der Waals surface area (Å²) in [6.45, 7) is 7.91. The highest BCUT2D eigenvalue weighted by molar-refractivity contribution is 5.98. The van der Waals surface area contributed by atoms with Gasteiger partial charge in [0.25, 0.3) is 5.91 Å². The number of nitrogens with one attached hydrogen (secondary N) is 11. The molecule has 0 aliphatic carbocycles. The van der Waals surface area contributed by atoms with Crippen molar-refractivity contribution in [3.63, 3.8) is 0 Å². The fourth-order valence-corrected chi connectivity index (χ4v) is 8.41. The van der Waals surface area contributed by atoms with E-state index >= 15 is 0 Å². The molecule has 0 aromatic heterocycles. The van der Waals surface area contributed by atoms with Crippen LogP contribution in [0.5, 0.6) is 5.75 Å². The number of nitrogens with two attached hydrogens (primary N) is 3. The van der Waals surface area contributed by atoms with E-state index in [4.69, 9.17) is 26.7 Å². The summed E-state index contributed by atoms with van der Waals surface area (Å²) in [5.74, 6) is -7.28. The molecule has 2 aliphatic rings. The molecule has 1 saturated heterocycles. The van der Waals surface area contributed by atoms with Crippen molar-refractivity contribution in [2.24, 2.45) is 22.2 Å². The van der Waals surface area contributed by atoms with Gasteiger partial charge < -0.3 is 100 Å². The zero-order valence-corrected chi connectivity index (χ0v) is 47.5. The van der Waals surface area contributed by atoms with Gasteiger partial charge in [-0.15, -0.1) is 0 Å². The Kier molecular flexibility index (Phi) is 34.5. The SMILES string of the molecule is CNCCN(CCNCCNCCN)CCNC1C=C(O)N(CCC(=O)NCCOCCOCCC(=O)NCCCC[C@@H]2NC(=O)[C@H](CCCN=C(N)N)NC(=O)CNC(=O)[C@H](CC(=O)O)NC(=O)[C@@H](Cc3ccc(O)cc3)NC2=O)C1=O. The molecule has 1 fully saturated rings. The molecule has 1 aromatic carbocycles. The molecule has 31 nitrogen and oxygen atoms in total. The van der Waals surface area contributed by atoms with Crippen molar-refractivity contribution in [3.8, 4) is 5.75 Å². The van der Waals surface area contributed by atoms with E-state index in [1.54, 1.807) is 0 Å². The van der Waals surface area contributed by atoms with Crippen molar-refractivity contribution < 1.29 is 67.9 Å². The molecule has 5 atom stereocenters. The summed E-state index contributed by atoms with van der Waals surface area (Å²) in [4.78, 5) is 125. The lowest BCUT2D eigenvalue weighted by Crippen LogP contribution is -2.58. The first-order valence-corrected chi connectivity index (χ1v) is 28.1. The predicted molar refractivity (Wildman–Crippen MR) is 305 cm³/mol. The standard InChI is InChI=1S/C52H89N17O14/c1-56-19-24-68(25-20-58-18-17-57-16-13-53)26-21-59-41-32-45(74)69(51(41)81)23-11-42(71)61-22-28-83-30-29-82-27-12-43(72)60-14-3-2-5-38-49(79)66-39(31-35-7-9-36(70)10-8-35)50(80)67-40(33-46(75)76)47(77)63-34-44(73)64-37(48(78)65-38)6-4-15-62-52(54)55/h7-10,32,37-41,56-59,70,74H,2-6,11-31,33-34,53H2,1H3,(H,60,72)(H,61,71)(H,63,77)(H,64,73)(H,65,78)(H,66,79)(H,67,80)(H,75,76)(H4,54,55,62)/t37-,38-,39+,40-,41?/m0/s1. The number of carbonyl (C=O) groups excluding carboxylic acids is 8. The lowest BCUT2D eigenvalue weighted by Gasteiger charge is -2.26. The molecular formula is C52H89N17O14. The van der Waals surface area contributed by atoms with Crippen LogP contribution in [0.25, 0.3) is 0 Å². The third kappa shape index (κ3) is 30.0. The average Bonchev–Trinajstić information content (AvgIpc) is 4.02. The maximum Gasteiger partial charge on any atom is 0.305 e. The Morgan fingerprint density at radius 3 is 2.01 bits per heavy atom. The Labute approximate surface area is 483 Å². The second kappa shape index (κ2) is 40.9. The minimum atomic E-state index is -1.67. The minimum absolute atomic E-state index is 0.000147. The highest BCUT2D eigenvalue weighted by Crippen LogP contribution is 2.16. The number of phenols is 1. The molecule has 31 heteroatoms. The number of aliphatic hydroxyl groups excluding tert-OH is 1. The molecule has 1 unspecified atom stereocenters. The van der Waals surface area contributed by atoms with E-state index in [1.165, 1.54) is 35.2 Å². The number of aromatic hydroxyl groups is 1. The van der Waals surface area contributed by atoms with E-state index in [9.17, 15) is 58.5 Å². The number of hydrogen-bond donors (Lipinski definition) is 17. The zero-order valence-electron chi connectivity index (χ0n) is 47.5. The summed E-state index contributed by atoms with van der Waals surface area (Å²) in [7, 11) is 1.89. The van der Waals surface area contributed by atoms with Crippen molar-refractivity contribution in [1.29, 1.82) is 0 Å². The van der Waals surface area contributed by atoms with Crippen LogP contribution in [0.1, 0.15) is 56.9 Å². The van der Waals surface area contributed by atoms with E-state index in [-0.39, 0.29) is 133 Å². The third-order valence-electron chi connectivity index (χ3n) is 12.9. The number of carbonyl (C=O) groups is 9. The first-order valence-electron chi connectivity index (χ1n) is 28.1. The van der Waals surface area contributed by atoms with Gasteiger partial charge in [-0.2, -0.15) is 0 Å². The number of guanidine groups is 1. The van der Waals surface area contributed by atoms with Gasteiger partial charge in [-0.3, -0.25) is 57.9 Å². The lowest BCUT2D eigenvalue weighted by atomic mass is 10.0. The van der Waals surface area contributed by atoms with Crippen LogP contribution in [0.4, 0.5) is 0 Å². The second-order valence-electron chi connectivity index (χ2n) is 19.5. The smallest absolute Gasteiger partial charge is 0.305 e. The van der Waals surface area contributed by atoms with Crippen molar-refractivity contribution in [3.05, 3.63) is 41.8 Å². The van der Waals surface area contributed by atoms with Crippen molar-refractivity contribution in [2.45, 2.75) is 88.0 Å². The Balaban J connectivity index is 1.41. The summed E-state index contributed by atoms with van der Waals surface area (Å²) in [5.41, 5.74) is 16.8. The zero-order chi connectivity index (χ0) is 60.8. The van der Waals surface area contributed by atoms with E-state index in [1.807, 2.05) is 7.05 Å². The highest BCUT2D eigenvalue weighted by atomic mass is 16.5. The Bertz CT molecular complexity index is 2260. The normalized spacial score (nSPS) is 18.9. The molecule has 3 rings (SSSR count). The van der Waals surface area contributed by atoms with Crippen LogP contribution in [-0.4, -0.2) is 246 Å². The Morgan fingerprint density at radius 1 is 0.699 bits per heavy atom. The lowest BCUT2D eigenvalue weighted by molar-refractivity contribution is -0.141. The Hall–Kier alpha value is -7.26. The first kappa shape index (κ1) is 70.0. The number of hydrogen-bond acceptors (Lipinski definition) is 20. The van der Waals surface area contributed by atoms with Gasteiger partial charge in [0, 0.05) is 117 Å². The van der Waals surface area contributed by atoms with Crippen molar-refractivity contribution >= 4 is 59.2 Å². The average molecular weight is 1180 g/mol. The van der Waals surface area contributed by atoms with E-state index in [2.05, 4.69) is 68.4 Å². The van der Waals surface area contributed by atoms with Gasteiger partial charge >= 0.3 is 5.97 Å². The molecule has 20 N–H and O–H groups in total. The molecule has 466 valence electrons.